The lowest BCUT2D eigenvalue weighted by atomic mass is 9.88. The molecule has 1 unspecified atom stereocenters. The summed E-state index contributed by atoms with van der Waals surface area (Å²) < 4.78 is 49.0. The Morgan fingerprint density at radius 2 is 1.86 bits per heavy atom. The Labute approximate surface area is 216 Å². The third-order valence-corrected chi connectivity index (χ3v) is 8.22. The minimum absolute atomic E-state index is 0.0133. The predicted octanol–water partition coefficient (Wildman–Crippen LogP) is 3.83. The number of likely N-dealkylation sites (tertiary alicyclic amines) is 1. The Hall–Kier alpha value is -3.02. The van der Waals surface area contributed by atoms with E-state index in [1.165, 1.54) is 18.2 Å². The van der Waals surface area contributed by atoms with Crippen molar-refractivity contribution in [3.63, 3.8) is 0 Å². The summed E-state index contributed by atoms with van der Waals surface area (Å²) in [6.45, 7) is 7.73. The zero-order chi connectivity index (χ0) is 27.1. The molecule has 1 aliphatic rings. The lowest BCUT2D eigenvalue weighted by Gasteiger charge is -2.33. The molecule has 37 heavy (non-hydrogen) atoms. The van der Waals surface area contributed by atoms with Crippen molar-refractivity contribution in [2.24, 2.45) is 5.73 Å². The van der Waals surface area contributed by atoms with E-state index in [0.29, 0.717) is 36.9 Å². The summed E-state index contributed by atoms with van der Waals surface area (Å²) in [4.78, 5) is 18.2. The number of nitrogens with two attached hydrogens (primary N) is 1. The minimum Gasteiger partial charge on any atom is -0.444 e. The van der Waals surface area contributed by atoms with Crippen LogP contribution in [-0.4, -0.2) is 58.7 Å². The molecule has 1 atom stereocenters. The Morgan fingerprint density at radius 1 is 1.24 bits per heavy atom. The summed E-state index contributed by atoms with van der Waals surface area (Å²) in [5.41, 5.74) is 6.32. The van der Waals surface area contributed by atoms with Crippen molar-refractivity contribution in [3.8, 4) is 0 Å². The molecule has 3 heterocycles. The molecule has 1 fully saturated rings. The van der Waals surface area contributed by atoms with Crippen LogP contribution in [0.3, 0.4) is 0 Å². The standard InChI is InChI=1S/C26H33FN4O5S/c1-16-5-7-18(8-6-16)37(34,35)31-21(22(32)14-28)13-19-23(20(27)15-29-24(19)31)17-9-11-30(12-10-17)25(33)36-26(2,3)4/h5-8,13,15,17,22,32H,9-12,14,28H2,1-4H3. The number of aliphatic hydroxyl groups excluding tert-OH is 1. The fourth-order valence-corrected chi connectivity index (χ4v) is 6.17. The molecule has 200 valence electrons. The van der Waals surface area contributed by atoms with Gasteiger partial charge in [0.25, 0.3) is 10.0 Å². The molecule has 2 aromatic heterocycles. The fraction of sp³-hybridized carbons (Fsp3) is 0.462. The highest BCUT2D eigenvalue weighted by molar-refractivity contribution is 7.90. The van der Waals surface area contributed by atoms with Gasteiger partial charge in [-0.15, -0.1) is 0 Å². The molecular formula is C26H33FN4O5S. The number of aliphatic hydroxyl groups is 1. The van der Waals surface area contributed by atoms with Crippen LogP contribution in [0, 0.1) is 12.7 Å². The number of ether oxygens (including phenoxy) is 1. The molecule has 1 aromatic carbocycles. The summed E-state index contributed by atoms with van der Waals surface area (Å²) in [6, 6.07) is 7.77. The van der Waals surface area contributed by atoms with Crippen molar-refractivity contribution in [3.05, 3.63) is 59.2 Å². The van der Waals surface area contributed by atoms with E-state index in [-0.39, 0.29) is 28.7 Å². The number of carbonyl (C=O) groups is 1. The van der Waals surface area contributed by atoms with E-state index in [9.17, 15) is 18.3 Å². The smallest absolute Gasteiger partial charge is 0.410 e. The normalized spacial score (nSPS) is 16.2. The topological polar surface area (TPSA) is 128 Å². The number of amides is 1. The Bertz CT molecular complexity index is 1410. The van der Waals surface area contributed by atoms with E-state index in [4.69, 9.17) is 10.5 Å². The highest BCUT2D eigenvalue weighted by Gasteiger charge is 2.33. The van der Waals surface area contributed by atoms with Gasteiger partial charge in [-0.1, -0.05) is 17.7 Å². The SMILES string of the molecule is Cc1ccc(S(=O)(=O)n2c(C(O)CN)cc3c(C4CCN(C(=O)OC(C)(C)C)CC4)c(F)cnc32)cc1. The highest BCUT2D eigenvalue weighted by Crippen LogP contribution is 2.38. The van der Waals surface area contributed by atoms with Crippen LogP contribution in [0.5, 0.6) is 0 Å². The summed E-state index contributed by atoms with van der Waals surface area (Å²) in [5.74, 6) is -0.855. The monoisotopic (exact) mass is 532 g/mol. The Balaban J connectivity index is 1.77. The van der Waals surface area contributed by atoms with E-state index in [0.717, 1.165) is 15.7 Å². The minimum atomic E-state index is -4.18. The van der Waals surface area contributed by atoms with Gasteiger partial charge in [0.2, 0.25) is 0 Å². The van der Waals surface area contributed by atoms with E-state index in [1.54, 1.807) is 37.8 Å². The average molecular weight is 533 g/mol. The molecule has 3 N–H and O–H groups in total. The van der Waals surface area contributed by atoms with Crippen LogP contribution in [0.25, 0.3) is 11.0 Å². The number of pyridine rings is 1. The number of benzene rings is 1. The lowest BCUT2D eigenvalue weighted by molar-refractivity contribution is 0.0204. The number of rotatable bonds is 5. The van der Waals surface area contributed by atoms with E-state index in [1.807, 2.05) is 6.92 Å². The number of aromatic nitrogens is 2. The van der Waals surface area contributed by atoms with Crippen LogP contribution in [0.1, 0.15) is 62.5 Å². The number of aryl methyl sites for hydroxylation is 1. The molecular weight excluding hydrogens is 499 g/mol. The number of nitrogens with zero attached hydrogens (tertiary/aromatic N) is 3. The van der Waals surface area contributed by atoms with Crippen LogP contribution in [0.15, 0.2) is 41.4 Å². The first-order valence-electron chi connectivity index (χ1n) is 12.2. The molecule has 0 spiro atoms. The van der Waals surface area contributed by atoms with Gasteiger partial charge in [-0.25, -0.2) is 26.6 Å². The van der Waals surface area contributed by atoms with E-state index < -0.39 is 33.6 Å². The second kappa shape index (κ2) is 10.0. The third-order valence-electron chi connectivity index (χ3n) is 6.49. The maximum absolute atomic E-state index is 15.3. The van der Waals surface area contributed by atoms with Crippen LogP contribution < -0.4 is 5.73 Å². The summed E-state index contributed by atoms with van der Waals surface area (Å²) in [7, 11) is -4.18. The largest absolute Gasteiger partial charge is 0.444 e. The van der Waals surface area contributed by atoms with Crippen molar-refractivity contribution in [2.75, 3.05) is 19.6 Å². The average Bonchev–Trinajstić information content (AvgIpc) is 3.23. The quantitative estimate of drug-likeness (QED) is 0.511. The summed E-state index contributed by atoms with van der Waals surface area (Å²) in [5, 5.41) is 10.9. The third kappa shape index (κ3) is 5.34. The van der Waals surface area contributed by atoms with Gasteiger partial charge in [-0.2, -0.15) is 0 Å². The van der Waals surface area contributed by atoms with Gasteiger partial charge >= 0.3 is 6.09 Å². The van der Waals surface area contributed by atoms with Crippen molar-refractivity contribution in [1.82, 2.24) is 13.9 Å². The number of halogens is 1. The van der Waals surface area contributed by atoms with Crippen LogP contribution >= 0.6 is 0 Å². The van der Waals surface area contributed by atoms with Crippen molar-refractivity contribution < 1.29 is 27.4 Å². The molecule has 0 radical (unpaired) electrons. The molecule has 4 rings (SSSR count). The van der Waals surface area contributed by atoms with Gasteiger partial charge < -0.3 is 20.5 Å². The van der Waals surface area contributed by atoms with Gasteiger partial charge in [0.1, 0.15) is 17.5 Å². The molecule has 11 heteroatoms. The molecule has 1 saturated heterocycles. The maximum atomic E-state index is 15.3. The van der Waals surface area contributed by atoms with Gasteiger partial charge in [0.05, 0.1) is 16.8 Å². The van der Waals surface area contributed by atoms with Gasteiger partial charge in [0.15, 0.2) is 5.65 Å². The lowest BCUT2D eigenvalue weighted by Crippen LogP contribution is -2.41. The first-order chi connectivity index (χ1) is 17.3. The molecule has 0 saturated carbocycles. The van der Waals surface area contributed by atoms with Crippen LogP contribution in [0.2, 0.25) is 0 Å². The van der Waals surface area contributed by atoms with Crippen molar-refractivity contribution in [1.29, 1.82) is 0 Å². The van der Waals surface area contributed by atoms with Gasteiger partial charge in [0, 0.05) is 30.6 Å². The van der Waals surface area contributed by atoms with Crippen LogP contribution in [-0.2, 0) is 14.8 Å². The Morgan fingerprint density at radius 3 is 2.43 bits per heavy atom. The molecule has 0 bridgehead atoms. The van der Waals surface area contributed by atoms with Gasteiger partial charge in [-0.3, -0.25) is 0 Å². The summed E-state index contributed by atoms with van der Waals surface area (Å²) in [6.07, 6.45) is 0.201. The summed E-state index contributed by atoms with van der Waals surface area (Å²) >= 11 is 0. The molecule has 3 aromatic rings. The molecule has 9 nitrogen and oxygen atoms in total. The number of hydrogen-bond acceptors (Lipinski definition) is 7. The number of carbonyl (C=O) groups excluding carboxylic acids is 1. The fourth-order valence-electron chi connectivity index (χ4n) is 4.65. The number of fused-ring (bicyclic) bond motifs is 1. The first-order valence-corrected chi connectivity index (χ1v) is 13.7. The zero-order valence-electron chi connectivity index (χ0n) is 21.4. The van der Waals surface area contributed by atoms with Gasteiger partial charge in [-0.05, 0) is 64.7 Å². The van der Waals surface area contributed by atoms with Crippen molar-refractivity contribution >= 4 is 27.1 Å². The molecule has 1 amide bonds. The van der Waals surface area contributed by atoms with Crippen LogP contribution in [0.4, 0.5) is 9.18 Å². The predicted molar refractivity (Wildman–Crippen MR) is 137 cm³/mol. The second-order valence-corrected chi connectivity index (χ2v) is 12.2. The second-order valence-electron chi connectivity index (χ2n) is 10.4. The highest BCUT2D eigenvalue weighted by atomic mass is 32.2. The van der Waals surface area contributed by atoms with E-state index in [2.05, 4.69) is 4.98 Å². The molecule has 1 aliphatic heterocycles. The zero-order valence-corrected chi connectivity index (χ0v) is 22.3. The van der Waals surface area contributed by atoms with E-state index >= 15 is 4.39 Å². The number of hydrogen-bond donors (Lipinski definition) is 2. The molecule has 0 aliphatic carbocycles. The Kier molecular flexibility index (Phi) is 7.33. The first kappa shape index (κ1) is 27.0. The van der Waals surface area contributed by atoms with Crippen molar-refractivity contribution in [2.45, 2.75) is 63.1 Å². The maximum Gasteiger partial charge on any atom is 0.410 e. The number of piperidine rings is 1.